The molecule has 0 radical (unpaired) electrons. The number of rotatable bonds is 5. The van der Waals surface area contributed by atoms with Gasteiger partial charge in [0, 0.05) is 24.8 Å². The summed E-state index contributed by atoms with van der Waals surface area (Å²) in [4.78, 5) is 38.8. The fraction of sp³-hybridized carbons (Fsp3) is 0.550. The molecule has 0 aliphatic carbocycles. The minimum atomic E-state index is -4.99. The van der Waals surface area contributed by atoms with Crippen LogP contribution in [0.3, 0.4) is 0 Å². The lowest BCUT2D eigenvalue weighted by molar-refractivity contribution is -0.144. The van der Waals surface area contributed by atoms with E-state index in [9.17, 15) is 40.4 Å². The van der Waals surface area contributed by atoms with E-state index < -0.39 is 71.2 Å². The average Bonchev–Trinajstić information content (AvgIpc) is 2.81. The lowest BCUT2D eigenvalue weighted by atomic mass is 10.0. The number of anilines is 1. The summed E-state index contributed by atoms with van der Waals surface area (Å²) in [6.45, 7) is -1.46. The molecule has 2 heterocycles. The molecule has 1 aromatic rings. The van der Waals surface area contributed by atoms with Crippen LogP contribution in [0.25, 0.3) is 0 Å². The minimum absolute atomic E-state index is 0.0773. The topological polar surface area (TPSA) is 137 Å². The molecule has 11 nitrogen and oxygen atoms in total. The molecule has 2 unspecified atom stereocenters. The van der Waals surface area contributed by atoms with Gasteiger partial charge in [0.05, 0.1) is 12.1 Å². The molecular formula is C20H24ClF4N5O6S. The number of methoxy groups -OCH3 is 1. The first kappa shape index (κ1) is 28.9. The first-order valence-electron chi connectivity index (χ1n) is 10.9. The van der Waals surface area contributed by atoms with Crippen LogP contribution >= 0.6 is 11.6 Å². The van der Waals surface area contributed by atoms with Gasteiger partial charge in [-0.15, -0.1) is 0 Å². The highest BCUT2D eigenvalue weighted by Crippen LogP contribution is 2.27. The van der Waals surface area contributed by atoms with Crippen LogP contribution in [-0.2, 0) is 24.5 Å². The molecule has 3 rings (SSSR count). The molecule has 2 saturated heterocycles. The predicted molar refractivity (Wildman–Crippen MR) is 122 cm³/mol. The van der Waals surface area contributed by atoms with E-state index in [1.807, 2.05) is 4.72 Å². The number of piperidine rings is 1. The monoisotopic (exact) mass is 573 g/mol. The maximum absolute atomic E-state index is 13.4. The van der Waals surface area contributed by atoms with E-state index in [0.717, 1.165) is 18.2 Å². The van der Waals surface area contributed by atoms with Gasteiger partial charge in [0.25, 0.3) is 10.2 Å². The standard InChI is InChI=1S/C20H24ClF4N5O6S/c1-36-19(33)29-6-4-11(5-7-29)26-17(31)15-9-16(30(10-20(23,24)25)37(34,35)28-15)18(32)27-12-2-3-14(22)13(21)8-12/h2-3,8,11,15-16,28H,4-7,9-10H2,1H3,(H,26,31)(H,27,32). The van der Waals surface area contributed by atoms with Crippen LogP contribution in [0.2, 0.25) is 5.02 Å². The number of hydrogen-bond donors (Lipinski definition) is 3. The van der Waals surface area contributed by atoms with Crippen molar-refractivity contribution in [2.75, 3.05) is 32.1 Å². The number of likely N-dealkylation sites (tertiary alicyclic amines) is 1. The molecule has 17 heteroatoms. The Hall–Kier alpha value is -2.69. The van der Waals surface area contributed by atoms with Crippen LogP contribution in [0.4, 0.5) is 28.0 Å². The molecule has 206 valence electrons. The van der Waals surface area contributed by atoms with Gasteiger partial charge < -0.3 is 20.3 Å². The van der Waals surface area contributed by atoms with E-state index >= 15 is 0 Å². The summed E-state index contributed by atoms with van der Waals surface area (Å²) in [6, 6.07) is -0.919. The molecule has 37 heavy (non-hydrogen) atoms. The van der Waals surface area contributed by atoms with Crippen molar-refractivity contribution in [1.29, 1.82) is 0 Å². The molecule has 2 fully saturated rings. The summed E-state index contributed by atoms with van der Waals surface area (Å²) in [5.74, 6) is -2.81. The van der Waals surface area contributed by atoms with E-state index in [1.165, 1.54) is 12.0 Å². The number of carbonyl (C=O) groups is 3. The molecule has 0 bridgehead atoms. The summed E-state index contributed by atoms with van der Waals surface area (Å²) in [5, 5.41) is 4.46. The van der Waals surface area contributed by atoms with Gasteiger partial charge in [0.1, 0.15) is 24.4 Å². The summed E-state index contributed by atoms with van der Waals surface area (Å²) >= 11 is 5.66. The molecule has 0 saturated carbocycles. The van der Waals surface area contributed by atoms with Crippen molar-refractivity contribution in [2.24, 2.45) is 0 Å². The van der Waals surface area contributed by atoms with Crippen molar-refractivity contribution < 1.29 is 45.1 Å². The Morgan fingerprint density at radius 1 is 1.19 bits per heavy atom. The van der Waals surface area contributed by atoms with Gasteiger partial charge in [-0.25, -0.2) is 9.18 Å². The third kappa shape index (κ3) is 7.43. The summed E-state index contributed by atoms with van der Waals surface area (Å²) in [7, 11) is -3.70. The fourth-order valence-corrected chi connectivity index (χ4v) is 5.72. The van der Waals surface area contributed by atoms with Crippen LogP contribution in [0, 0.1) is 5.82 Å². The van der Waals surface area contributed by atoms with Gasteiger partial charge in [-0.2, -0.15) is 30.6 Å². The normalized spacial score (nSPS) is 22.8. The number of benzene rings is 1. The SMILES string of the molecule is COC(=O)N1CCC(NC(=O)C2CC(C(=O)Nc3ccc(F)c(Cl)c3)N(CC(F)(F)F)S(=O)(=O)N2)CC1. The van der Waals surface area contributed by atoms with Crippen LogP contribution in [0.15, 0.2) is 18.2 Å². The number of amides is 3. The number of ether oxygens (including phenoxy) is 1. The number of nitrogens with zero attached hydrogens (tertiary/aromatic N) is 2. The number of carbonyl (C=O) groups excluding carboxylic acids is 3. The molecule has 2 atom stereocenters. The van der Waals surface area contributed by atoms with Crippen LogP contribution in [-0.4, -0.2) is 86.6 Å². The highest BCUT2D eigenvalue weighted by atomic mass is 35.5. The summed E-state index contributed by atoms with van der Waals surface area (Å²) in [5.41, 5.74) is -0.0855. The zero-order valence-electron chi connectivity index (χ0n) is 19.3. The Morgan fingerprint density at radius 2 is 1.84 bits per heavy atom. The van der Waals surface area contributed by atoms with Crippen molar-refractivity contribution >= 4 is 45.4 Å². The molecule has 0 aromatic heterocycles. The van der Waals surface area contributed by atoms with Crippen molar-refractivity contribution in [1.82, 2.24) is 19.2 Å². The van der Waals surface area contributed by atoms with E-state index in [2.05, 4.69) is 15.4 Å². The van der Waals surface area contributed by atoms with Crippen molar-refractivity contribution in [3.05, 3.63) is 29.0 Å². The number of nitrogens with one attached hydrogen (secondary N) is 3. The van der Waals surface area contributed by atoms with Crippen molar-refractivity contribution in [3.8, 4) is 0 Å². The fourth-order valence-electron chi connectivity index (χ4n) is 4.01. The first-order chi connectivity index (χ1) is 17.2. The van der Waals surface area contributed by atoms with Crippen molar-refractivity contribution in [3.63, 3.8) is 0 Å². The lowest BCUT2D eigenvalue weighted by Gasteiger charge is -2.38. The molecule has 2 aliphatic rings. The second-order valence-corrected chi connectivity index (χ2v) is 10.5. The quantitative estimate of drug-likeness (QED) is 0.458. The first-order valence-corrected chi connectivity index (χ1v) is 12.8. The van der Waals surface area contributed by atoms with Gasteiger partial charge in [0.15, 0.2) is 0 Å². The molecule has 3 N–H and O–H groups in total. The molecule has 0 spiro atoms. The lowest BCUT2D eigenvalue weighted by Crippen LogP contribution is -2.65. The average molecular weight is 574 g/mol. The second kappa shape index (κ2) is 11.4. The largest absolute Gasteiger partial charge is 0.453 e. The Morgan fingerprint density at radius 3 is 2.41 bits per heavy atom. The highest BCUT2D eigenvalue weighted by Gasteiger charge is 2.49. The van der Waals surface area contributed by atoms with Crippen LogP contribution in [0.5, 0.6) is 0 Å². The zero-order chi connectivity index (χ0) is 27.5. The minimum Gasteiger partial charge on any atom is -0.453 e. The number of hydrogen-bond acceptors (Lipinski definition) is 6. The van der Waals surface area contributed by atoms with E-state index in [0.29, 0.717) is 12.8 Å². The van der Waals surface area contributed by atoms with Crippen LogP contribution in [0.1, 0.15) is 19.3 Å². The second-order valence-electron chi connectivity index (χ2n) is 8.45. The van der Waals surface area contributed by atoms with E-state index in [-0.39, 0.29) is 28.1 Å². The van der Waals surface area contributed by atoms with Gasteiger partial charge >= 0.3 is 12.3 Å². The Labute approximate surface area is 214 Å². The smallest absolute Gasteiger partial charge is 0.409 e. The molecule has 3 amide bonds. The van der Waals surface area contributed by atoms with Gasteiger partial charge in [0.2, 0.25) is 11.8 Å². The Kier molecular flexibility index (Phi) is 8.87. The maximum Gasteiger partial charge on any atom is 0.409 e. The van der Waals surface area contributed by atoms with Gasteiger partial charge in [-0.05, 0) is 37.5 Å². The Bertz CT molecular complexity index is 1150. The maximum atomic E-state index is 13.4. The van der Waals surface area contributed by atoms with E-state index in [1.54, 1.807) is 0 Å². The van der Waals surface area contributed by atoms with Gasteiger partial charge in [-0.3, -0.25) is 9.59 Å². The molecule has 2 aliphatic heterocycles. The third-order valence-corrected chi connectivity index (χ3v) is 7.70. The van der Waals surface area contributed by atoms with Crippen LogP contribution < -0.4 is 15.4 Å². The van der Waals surface area contributed by atoms with E-state index in [4.69, 9.17) is 11.6 Å². The predicted octanol–water partition coefficient (Wildman–Crippen LogP) is 1.60. The Balaban J connectivity index is 1.76. The summed E-state index contributed by atoms with van der Waals surface area (Å²) < 4.78 is 84.8. The number of halogens is 5. The summed E-state index contributed by atoms with van der Waals surface area (Å²) in [6.07, 6.45) is -5.49. The number of alkyl halides is 3. The molecule has 1 aromatic carbocycles. The van der Waals surface area contributed by atoms with Crippen molar-refractivity contribution in [2.45, 2.75) is 43.6 Å². The zero-order valence-corrected chi connectivity index (χ0v) is 20.9. The van der Waals surface area contributed by atoms with Gasteiger partial charge in [-0.1, -0.05) is 11.6 Å². The highest BCUT2D eigenvalue weighted by molar-refractivity contribution is 7.87. The molecular weight excluding hydrogens is 550 g/mol. The third-order valence-electron chi connectivity index (χ3n) is 5.82.